The fourth-order valence-electron chi connectivity index (χ4n) is 1.79. The molecule has 0 saturated heterocycles. The van der Waals surface area contributed by atoms with Gasteiger partial charge in [-0.05, 0) is 47.1 Å². The number of amides is 1. The summed E-state index contributed by atoms with van der Waals surface area (Å²) < 4.78 is 16.5. The Labute approximate surface area is 144 Å². The molecule has 1 amide bonds. The van der Waals surface area contributed by atoms with Crippen LogP contribution in [0.1, 0.15) is 51.4 Å². The second kappa shape index (κ2) is 10.3. The van der Waals surface area contributed by atoms with Gasteiger partial charge in [-0.1, -0.05) is 0 Å². The van der Waals surface area contributed by atoms with E-state index in [1.54, 1.807) is 12.1 Å². The summed E-state index contributed by atoms with van der Waals surface area (Å²) in [6.07, 6.45) is 2.51. The number of ether oxygens (including phenoxy) is 3. The molecule has 136 valence electrons. The fraction of sp³-hybridized carbons (Fsp3) is 0.667. The van der Waals surface area contributed by atoms with Crippen LogP contribution in [0.15, 0.2) is 18.3 Å². The zero-order chi connectivity index (χ0) is 18.0. The molecule has 0 unspecified atom stereocenters. The van der Waals surface area contributed by atoms with Crippen molar-refractivity contribution in [2.45, 2.75) is 52.7 Å². The lowest BCUT2D eigenvalue weighted by atomic mass is 10.2. The highest BCUT2D eigenvalue weighted by molar-refractivity contribution is 5.93. The number of hydrogen-bond acceptors (Lipinski definition) is 5. The van der Waals surface area contributed by atoms with Crippen LogP contribution in [0, 0.1) is 0 Å². The normalized spacial score (nSPS) is 11.6. The van der Waals surface area contributed by atoms with Crippen molar-refractivity contribution >= 4 is 5.91 Å². The summed E-state index contributed by atoms with van der Waals surface area (Å²) in [7, 11) is 0. The second-order valence-electron chi connectivity index (χ2n) is 6.72. The van der Waals surface area contributed by atoms with Crippen LogP contribution in [0.4, 0.5) is 0 Å². The van der Waals surface area contributed by atoms with E-state index in [2.05, 4.69) is 10.3 Å². The molecule has 1 N–H and O–H groups in total. The molecule has 0 bridgehead atoms. The van der Waals surface area contributed by atoms with Crippen molar-refractivity contribution in [3.05, 3.63) is 23.9 Å². The third kappa shape index (κ3) is 9.47. The molecule has 0 radical (unpaired) electrons. The summed E-state index contributed by atoms with van der Waals surface area (Å²) in [5.74, 6) is 0.337. The largest absolute Gasteiger partial charge is 0.475 e. The number of hydrogen-bond donors (Lipinski definition) is 1. The molecule has 1 aromatic heterocycles. The van der Waals surface area contributed by atoms with Crippen molar-refractivity contribution in [3.63, 3.8) is 0 Å². The maximum atomic E-state index is 12.0. The van der Waals surface area contributed by atoms with Crippen molar-refractivity contribution in [2.75, 3.05) is 26.4 Å². The molecule has 0 saturated carbocycles. The molecule has 0 aliphatic rings. The predicted molar refractivity (Wildman–Crippen MR) is 93.5 cm³/mol. The molecule has 6 heteroatoms. The minimum Gasteiger partial charge on any atom is -0.475 e. The second-order valence-corrected chi connectivity index (χ2v) is 6.72. The Bertz CT molecular complexity index is 481. The quantitative estimate of drug-likeness (QED) is 0.664. The smallest absolute Gasteiger partial charge is 0.252 e. The molecule has 1 heterocycles. The minimum absolute atomic E-state index is 0.144. The summed E-state index contributed by atoms with van der Waals surface area (Å²) in [6.45, 7) is 12.1. The highest BCUT2D eigenvalue weighted by Crippen LogP contribution is 2.09. The van der Waals surface area contributed by atoms with Crippen LogP contribution >= 0.6 is 0 Å². The van der Waals surface area contributed by atoms with E-state index in [1.807, 2.05) is 34.6 Å². The monoisotopic (exact) mass is 338 g/mol. The molecular weight excluding hydrogens is 308 g/mol. The van der Waals surface area contributed by atoms with Crippen LogP contribution in [-0.2, 0) is 9.47 Å². The van der Waals surface area contributed by atoms with Crippen molar-refractivity contribution in [3.8, 4) is 5.88 Å². The zero-order valence-electron chi connectivity index (χ0n) is 15.4. The average Bonchev–Trinajstić information content (AvgIpc) is 2.50. The molecule has 0 aliphatic heterocycles. The van der Waals surface area contributed by atoms with Gasteiger partial charge in [-0.25, -0.2) is 4.98 Å². The van der Waals surface area contributed by atoms with Crippen LogP contribution < -0.4 is 10.1 Å². The van der Waals surface area contributed by atoms with Crippen molar-refractivity contribution in [1.82, 2.24) is 10.3 Å². The van der Waals surface area contributed by atoms with Gasteiger partial charge >= 0.3 is 0 Å². The van der Waals surface area contributed by atoms with Crippen LogP contribution in [0.25, 0.3) is 0 Å². The summed E-state index contributed by atoms with van der Waals surface area (Å²) >= 11 is 0. The van der Waals surface area contributed by atoms with E-state index in [4.69, 9.17) is 14.2 Å². The number of nitrogens with one attached hydrogen (secondary N) is 1. The maximum Gasteiger partial charge on any atom is 0.252 e. The van der Waals surface area contributed by atoms with Gasteiger partial charge in [-0.2, -0.15) is 0 Å². The first-order valence-electron chi connectivity index (χ1n) is 8.40. The summed E-state index contributed by atoms with van der Waals surface area (Å²) in [5, 5.41) is 2.84. The van der Waals surface area contributed by atoms with E-state index >= 15 is 0 Å². The average molecular weight is 338 g/mol. The number of aromatic nitrogens is 1. The molecule has 0 atom stereocenters. The standard InChI is InChI=1S/C18H30N2O4/c1-14(2)22-10-6-9-19-17(21)15-7-8-16(20-13-15)23-11-12-24-18(3,4)5/h7-8,13-14H,6,9-12H2,1-5H3,(H,19,21). The van der Waals surface area contributed by atoms with Crippen LogP contribution in [0.3, 0.4) is 0 Å². The number of carbonyl (C=O) groups is 1. The molecule has 0 spiro atoms. The van der Waals surface area contributed by atoms with Crippen LogP contribution in [0.5, 0.6) is 5.88 Å². The SMILES string of the molecule is CC(C)OCCCNC(=O)c1ccc(OCCOC(C)(C)C)nc1. The lowest BCUT2D eigenvalue weighted by Gasteiger charge is -2.19. The minimum atomic E-state index is -0.182. The van der Waals surface area contributed by atoms with Gasteiger partial charge in [0.15, 0.2) is 0 Å². The highest BCUT2D eigenvalue weighted by Gasteiger charge is 2.10. The number of carbonyl (C=O) groups excluding carboxylic acids is 1. The summed E-state index contributed by atoms with van der Waals surface area (Å²) in [4.78, 5) is 16.1. The van der Waals surface area contributed by atoms with Crippen molar-refractivity contribution < 1.29 is 19.0 Å². The van der Waals surface area contributed by atoms with Crippen molar-refractivity contribution in [1.29, 1.82) is 0 Å². The lowest BCUT2D eigenvalue weighted by molar-refractivity contribution is -0.0168. The molecule has 0 fully saturated rings. The van der Waals surface area contributed by atoms with E-state index in [9.17, 15) is 4.79 Å². The third-order valence-corrected chi connectivity index (χ3v) is 2.92. The molecular formula is C18H30N2O4. The Morgan fingerprint density at radius 2 is 1.96 bits per heavy atom. The maximum absolute atomic E-state index is 12.0. The van der Waals surface area contributed by atoms with Gasteiger partial charge in [-0.3, -0.25) is 4.79 Å². The molecule has 1 rings (SSSR count). The molecule has 6 nitrogen and oxygen atoms in total. The van der Waals surface area contributed by atoms with E-state index in [0.717, 1.165) is 6.42 Å². The van der Waals surface area contributed by atoms with Gasteiger partial charge in [0, 0.05) is 25.4 Å². The summed E-state index contributed by atoms with van der Waals surface area (Å²) in [5.41, 5.74) is 0.330. The van der Waals surface area contributed by atoms with E-state index in [1.165, 1.54) is 6.20 Å². The van der Waals surface area contributed by atoms with Gasteiger partial charge in [0.25, 0.3) is 5.91 Å². The zero-order valence-corrected chi connectivity index (χ0v) is 15.4. The van der Waals surface area contributed by atoms with Gasteiger partial charge in [0.1, 0.15) is 6.61 Å². The van der Waals surface area contributed by atoms with E-state index < -0.39 is 0 Å². The number of pyridine rings is 1. The first-order chi connectivity index (χ1) is 11.3. The Hall–Kier alpha value is -1.66. The Morgan fingerprint density at radius 3 is 2.54 bits per heavy atom. The Kier molecular flexibility index (Phi) is 8.71. The summed E-state index contributed by atoms with van der Waals surface area (Å²) in [6, 6.07) is 3.39. The topological polar surface area (TPSA) is 69.7 Å². The Balaban J connectivity index is 2.26. The van der Waals surface area contributed by atoms with E-state index in [-0.39, 0.29) is 17.6 Å². The lowest BCUT2D eigenvalue weighted by Crippen LogP contribution is -2.25. The van der Waals surface area contributed by atoms with Crippen LogP contribution in [-0.4, -0.2) is 49.0 Å². The molecule has 24 heavy (non-hydrogen) atoms. The third-order valence-electron chi connectivity index (χ3n) is 2.92. The molecule has 1 aromatic rings. The number of rotatable bonds is 10. The molecule has 0 aliphatic carbocycles. The van der Waals surface area contributed by atoms with Gasteiger partial charge in [-0.15, -0.1) is 0 Å². The number of nitrogens with zero attached hydrogens (tertiary/aromatic N) is 1. The first kappa shape index (κ1) is 20.4. The van der Waals surface area contributed by atoms with E-state index in [0.29, 0.717) is 37.8 Å². The van der Waals surface area contributed by atoms with Gasteiger partial charge < -0.3 is 19.5 Å². The van der Waals surface area contributed by atoms with Gasteiger partial charge in [0.2, 0.25) is 5.88 Å². The first-order valence-corrected chi connectivity index (χ1v) is 8.40. The van der Waals surface area contributed by atoms with Crippen molar-refractivity contribution in [2.24, 2.45) is 0 Å². The Morgan fingerprint density at radius 1 is 1.21 bits per heavy atom. The predicted octanol–water partition coefficient (Wildman–Crippen LogP) is 2.82. The van der Waals surface area contributed by atoms with Crippen LogP contribution in [0.2, 0.25) is 0 Å². The molecule has 0 aromatic carbocycles. The fourth-order valence-corrected chi connectivity index (χ4v) is 1.79. The highest BCUT2D eigenvalue weighted by atomic mass is 16.5. The van der Waals surface area contributed by atoms with Gasteiger partial charge in [0.05, 0.1) is 23.9 Å².